The number of carbonyl (C=O) groups is 1. The normalized spacial score (nSPS) is 17.9. The Balaban J connectivity index is 2.02. The van der Waals surface area contributed by atoms with Crippen LogP contribution in [0.4, 0.5) is 4.39 Å². The number of carbonyl (C=O) groups excluding carboxylic acids is 1. The number of nitrogens with one attached hydrogen (secondary N) is 1. The van der Waals surface area contributed by atoms with Crippen LogP contribution in [-0.2, 0) is 9.53 Å². The highest BCUT2D eigenvalue weighted by Crippen LogP contribution is 2.22. The van der Waals surface area contributed by atoms with E-state index in [9.17, 15) is 9.18 Å². The number of hydrogen-bond donors (Lipinski definition) is 2. The van der Waals surface area contributed by atoms with E-state index in [0.29, 0.717) is 31.4 Å². The molecule has 4 nitrogen and oxygen atoms in total. The molecule has 1 aliphatic rings. The molecule has 0 saturated carbocycles. The van der Waals surface area contributed by atoms with Crippen LogP contribution in [0.3, 0.4) is 0 Å². The second-order valence-electron chi connectivity index (χ2n) is 4.92. The molecule has 1 aromatic rings. The van der Waals surface area contributed by atoms with Crippen molar-refractivity contribution in [2.75, 3.05) is 19.8 Å². The minimum absolute atomic E-state index is 0.0364. The summed E-state index contributed by atoms with van der Waals surface area (Å²) >= 11 is 5.64. The van der Waals surface area contributed by atoms with Crippen molar-refractivity contribution in [1.29, 1.82) is 0 Å². The number of nitrogens with two attached hydrogens (primary N) is 1. The van der Waals surface area contributed by atoms with E-state index in [-0.39, 0.29) is 5.02 Å². The van der Waals surface area contributed by atoms with Crippen molar-refractivity contribution in [3.8, 4) is 0 Å². The van der Waals surface area contributed by atoms with E-state index >= 15 is 0 Å². The van der Waals surface area contributed by atoms with Gasteiger partial charge in [0.25, 0.3) is 0 Å². The van der Waals surface area contributed by atoms with Gasteiger partial charge in [-0.25, -0.2) is 4.39 Å². The molecule has 1 fully saturated rings. The van der Waals surface area contributed by atoms with Crippen LogP contribution >= 0.6 is 11.6 Å². The first-order valence-corrected chi connectivity index (χ1v) is 7.01. The molecular weight excluding hydrogens is 283 g/mol. The topological polar surface area (TPSA) is 64.4 Å². The van der Waals surface area contributed by atoms with E-state index in [2.05, 4.69) is 5.32 Å². The summed E-state index contributed by atoms with van der Waals surface area (Å²) in [4.78, 5) is 11.6. The number of ether oxygens (including phenoxy) is 1. The lowest BCUT2D eigenvalue weighted by Crippen LogP contribution is -2.40. The second-order valence-corrected chi connectivity index (χ2v) is 5.33. The molecular formula is C14H18ClFN2O2. The summed E-state index contributed by atoms with van der Waals surface area (Å²) in [5.41, 5.74) is 5.95. The van der Waals surface area contributed by atoms with Gasteiger partial charge in [0.05, 0.1) is 10.9 Å². The van der Waals surface area contributed by atoms with Crippen LogP contribution < -0.4 is 11.1 Å². The highest BCUT2D eigenvalue weighted by atomic mass is 35.5. The third-order valence-electron chi connectivity index (χ3n) is 3.52. The number of halogens is 2. The molecule has 1 atom stereocenters. The van der Waals surface area contributed by atoms with Gasteiger partial charge in [-0.1, -0.05) is 17.7 Å². The lowest BCUT2D eigenvalue weighted by molar-refractivity contribution is -0.119. The van der Waals surface area contributed by atoms with Gasteiger partial charge in [-0.2, -0.15) is 0 Å². The molecule has 6 heteroatoms. The van der Waals surface area contributed by atoms with Crippen LogP contribution in [0.15, 0.2) is 18.2 Å². The lowest BCUT2D eigenvalue weighted by atomic mass is 9.97. The molecule has 1 heterocycles. The highest BCUT2D eigenvalue weighted by Gasteiger charge is 2.21. The fourth-order valence-corrected chi connectivity index (χ4v) is 2.42. The molecule has 1 amide bonds. The molecule has 0 unspecified atom stereocenters. The molecule has 1 saturated heterocycles. The Bertz CT molecular complexity index is 478. The first kappa shape index (κ1) is 15.2. The third kappa shape index (κ3) is 3.91. The second kappa shape index (κ2) is 7.02. The quantitative estimate of drug-likeness (QED) is 0.872. The van der Waals surface area contributed by atoms with Gasteiger partial charge in [0.15, 0.2) is 0 Å². The van der Waals surface area contributed by atoms with E-state index in [0.717, 1.165) is 12.8 Å². The van der Waals surface area contributed by atoms with Gasteiger partial charge in [-0.3, -0.25) is 4.79 Å². The van der Waals surface area contributed by atoms with Gasteiger partial charge < -0.3 is 15.8 Å². The molecule has 0 aromatic heterocycles. The van der Waals surface area contributed by atoms with Gasteiger partial charge in [0.2, 0.25) is 5.91 Å². The summed E-state index contributed by atoms with van der Waals surface area (Å²) in [7, 11) is 0. The van der Waals surface area contributed by atoms with Crippen molar-refractivity contribution in [3.63, 3.8) is 0 Å². The third-order valence-corrected chi connectivity index (χ3v) is 3.83. The van der Waals surface area contributed by atoms with E-state index in [1.54, 1.807) is 6.07 Å². The van der Waals surface area contributed by atoms with Gasteiger partial charge in [-0.05, 0) is 30.5 Å². The summed E-state index contributed by atoms with van der Waals surface area (Å²) < 4.78 is 18.7. The van der Waals surface area contributed by atoms with Crippen molar-refractivity contribution in [2.24, 2.45) is 5.73 Å². The molecule has 1 aliphatic heterocycles. The molecule has 0 aliphatic carbocycles. The Hall–Kier alpha value is -1.17. The predicted molar refractivity (Wildman–Crippen MR) is 75.2 cm³/mol. The Kier molecular flexibility index (Phi) is 5.34. The first-order chi connectivity index (χ1) is 9.58. The van der Waals surface area contributed by atoms with Gasteiger partial charge in [-0.15, -0.1) is 0 Å². The van der Waals surface area contributed by atoms with E-state index < -0.39 is 17.6 Å². The minimum Gasteiger partial charge on any atom is -0.381 e. The Morgan fingerprint density at radius 1 is 1.50 bits per heavy atom. The maximum atomic E-state index is 13.5. The average molecular weight is 301 g/mol. The molecule has 2 rings (SSSR count). The number of primary amides is 1. The number of rotatable bonds is 5. The smallest absolute Gasteiger partial charge is 0.226 e. The van der Waals surface area contributed by atoms with E-state index in [1.807, 2.05) is 0 Å². The van der Waals surface area contributed by atoms with Crippen LogP contribution in [0, 0.1) is 5.82 Å². The molecule has 3 N–H and O–H groups in total. The summed E-state index contributed by atoms with van der Waals surface area (Å²) in [6.07, 6.45) is 1.81. The number of benzene rings is 1. The van der Waals surface area contributed by atoms with Crippen molar-refractivity contribution >= 4 is 17.5 Å². The Morgan fingerprint density at radius 2 is 2.20 bits per heavy atom. The SMILES string of the molecule is NC(=O)[C@H](CNC1CCOCC1)c1ccc(Cl)c(F)c1. The molecule has 110 valence electrons. The molecule has 1 aromatic carbocycles. The molecule has 0 spiro atoms. The van der Waals surface area contributed by atoms with Crippen molar-refractivity contribution < 1.29 is 13.9 Å². The summed E-state index contributed by atoms with van der Waals surface area (Å²) in [5.74, 6) is -1.59. The zero-order chi connectivity index (χ0) is 14.5. The largest absolute Gasteiger partial charge is 0.381 e. The summed E-state index contributed by atoms with van der Waals surface area (Å²) in [6, 6.07) is 4.65. The maximum absolute atomic E-state index is 13.5. The molecule has 0 radical (unpaired) electrons. The van der Waals surface area contributed by atoms with Gasteiger partial charge >= 0.3 is 0 Å². The predicted octanol–water partition coefficient (Wildman–Crippen LogP) is 1.82. The van der Waals surface area contributed by atoms with Gasteiger partial charge in [0, 0.05) is 25.8 Å². The van der Waals surface area contributed by atoms with Crippen LogP contribution in [0.5, 0.6) is 0 Å². The molecule has 0 bridgehead atoms. The van der Waals surface area contributed by atoms with E-state index in [4.69, 9.17) is 22.1 Å². The first-order valence-electron chi connectivity index (χ1n) is 6.63. The number of hydrogen-bond acceptors (Lipinski definition) is 3. The van der Waals surface area contributed by atoms with Crippen LogP contribution in [0.2, 0.25) is 5.02 Å². The van der Waals surface area contributed by atoms with Crippen LogP contribution in [0.1, 0.15) is 24.3 Å². The lowest BCUT2D eigenvalue weighted by Gasteiger charge is -2.25. The van der Waals surface area contributed by atoms with Crippen molar-refractivity contribution in [1.82, 2.24) is 5.32 Å². The number of amides is 1. The maximum Gasteiger partial charge on any atom is 0.226 e. The fraction of sp³-hybridized carbons (Fsp3) is 0.500. The van der Waals surface area contributed by atoms with Crippen molar-refractivity contribution in [3.05, 3.63) is 34.6 Å². The Labute approximate surface area is 122 Å². The van der Waals surface area contributed by atoms with E-state index in [1.165, 1.54) is 12.1 Å². The fourth-order valence-electron chi connectivity index (χ4n) is 2.30. The molecule has 20 heavy (non-hydrogen) atoms. The summed E-state index contributed by atoms with van der Waals surface area (Å²) in [5, 5.41) is 3.34. The monoisotopic (exact) mass is 300 g/mol. The Morgan fingerprint density at radius 3 is 2.80 bits per heavy atom. The standard InChI is InChI=1S/C14H18ClFN2O2/c15-12-2-1-9(7-13(12)16)11(14(17)19)8-18-10-3-5-20-6-4-10/h1-2,7,10-11,18H,3-6,8H2,(H2,17,19)/t11-/m1/s1. The van der Waals surface area contributed by atoms with Gasteiger partial charge in [0.1, 0.15) is 5.82 Å². The highest BCUT2D eigenvalue weighted by molar-refractivity contribution is 6.30. The minimum atomic E-state index is -0.565. The van der Waals surface area contributed by atoms with Crippen molar-refractivity contribution in [2.45, 2.75) is 24.8 Å². The van der Waals surface area contributed by atoms with Crippen LogP contribution in [0.25, 0.3) is 0 Å². The zero-order valence-electron chi connectivity index (χ0n) is 11.1. The zero-order valence-corrected chi connectivity index (χ0v) is 11.8. The van der Waals surface area contributed by atoms with Crippen LogP contribution in [-0.4, -0.2) is 31.7 Å². The summed E-state index contributed by atoms with van der Waals surface area (Å²) in [6.45, 7) is 1.82. The average Bonchev–Trinajstić information content (AvgIpc) is 2.43.